The summed E-state index contributed by atoms with van der Waals surface area (Å²) in [4.78, 5) is 29.4. The number of nitrogens with zero attached hydrogens (tertiary/aromatic N) is 1. The van der Waals surface area contributed by atoms with Crippen LogP contribution < -0.4 is 11.1 Å². The first-order chi connectivity index (χ1) is 10.2. The van der Waals surface area contributed by atoms with Gasteiger partial charge in [-0.05, 0) is 26.2 Å². The lowest BCUT2D eigenvalue weighted by Crippen LogP contribution is -2.54. The second-order valence-electron chi connectivity index (χ2n) is 6.02. The molecule has 126 valence electrons. The van der Waals surface area contributed by atoms with E-state index in [0.717, 1.165) is 0 Å². The molecule has 0 bridgehead atoms. The van der Waals surface area contributed by atoms with E-state index in [1.165, 1.54) is 0 Å². The first kappa shape index (κ1) is 18.7. The molecule has 1 aliphatic heterocycles. The highest BCUT2D eigenvalue weighted by Crippen LogP contribution is 2.18. The zero-order chi connectivity index (χ0) is 16.9. The molecule has 1 amide bonds. The van der Waals surface area contributed by atoms with Crippen molar-refractivity contribution in [1.29, 1.82) is 0 Å². The van der Waals surface area contributed by atoms with Crippen molar-refractivity contribution in [2.24, 2.45) is 16.8 Å². The van der Waals surface area contributed by atoms with Gasteiger partial charge in [-0.15, -0.1) is 0 Å². The molecule has 0 radical (unpaired) electrons. The molecule has 0 unspecified atom stereocenters. The summed E-state index contributed by atoms with van der Waals surface area (Å²) in [5.41, 5.74) is 5.83. The fourth-order valence-electron chi connectivity index (χ4n) is 2.03. The minimum absolute atomic E-state index is 0.235. The van der Waals surface area contributed by atoms with Crippen LogP contribution in [0, 0.1) is 5.92 Å². The molecule has 3 N–H and O–H groups in total. The van der Waals surface area contributed by atoms with Crippen molar-refractivity contribution in [1.82, 2.24) is 5.32 Å². The van der Waals surface area contributed by atoms with Gasteiger partial charge in [-0.2, -0.15) is 0 Å². The van der Waals surface area contributed by atoms with Crippen LogP contribution in [0.4, 0.5) is 0 Å². The highest BCUT2D eigenvalue weighted by Gasteiger charge is 2.38. The molecule has 1 aliphatic rings. The molecule has 0 aromatic rings. The monoisotopic (exact) mass is 333 g/mol. The summed E-state index contributed by atoms with van der Waals surface area (Å²) >= 11 is 5.76. The second kappa shape index (κ2) is 8.33. The average Bonchev–Trinajstić information content (AvgIpc) is 2.80. The normalized spacial score (nSPS) is 20.4. The van der Waals surface area contributed by atoms with Crippen molar-refractivity contribution < 1.29 is 19.2 Å². The van der Waals surface area contributed by atoms with Crippen molar-refractivity contribution in [3.05, 3.63) is 0 Å². The van der Waals surface area contributed by atoms with Crippen LogP contribution in [0.25, 0.3) is 0 Å². The maximum absolute atomic E-state index is 12.2. The number of esters is 1. The first-order valence-electron chi connectivity index (χ1n) is 7.35. The standard InChI is InChI=1S/C14H24ClN3O4/c1-7(2)5-9(16)13(19)17-12(14(20)21-8(3)4)10-6-11(15)18-22-10/h7-10,12H,5-6,16H2,1-4H3,(H,17,19)/t9-,10+,12+/m1/s1. The van der Waals surface area contributed by atoms with E-state index in [2.05, 4.69) is 10.5 Å². The van der Waals surface area contributed by atoms with Crippen molar-refractivity contribution in [3.8, 4) is 0 Å². The summed E-state index contributed by atoms with van der Waals surface area (Å²) in [5, 5.41) is 6.43. The summed E-state index contributed by atoms with van der Waals surface area (Å²) in [5.74, 6) is -0.750. The quantitative estimate of drug-likeness (QED) is 0.680. The summed E-state index contributed by atoms with van der Waals surface area (Å²) in [7, 11) is 0. The molecule has 0 aromatic heterocycles. The third-order valence-electron chi connectivity index (χ3n) is 2.99. The Kier molecular flexibility index (Phi) is 7.09. The van der Waals surface area contributed by atoms with Gasteiger partial charge in [0.1, 0.15) is 5.17 Å². The van der Waals surface area contributed by atoms with Crippen LogP contribution in [0.3, 0.4) is 0 Å². The molecule has 8 heteroatoms. The molecular formula is C14H24ClN3O4. The van der Waals surface area contributed by atoms with Crippen LogP contribution >= 0.6 is 11.6 Å². The smallest absolute Gasteiger partial charge is 0.332 e. The summed E-state index contributed by atoms with van der Waals surface area (Å²) in [6.07, 6.45) is -0.248. The molecule has 0 saturated carbocycles. The van der Waals surface area contributed by atoms with Gasteiger partial charge in [-0.3, -0.25) is 4.79 Å². The Balaban J connectivity index is 2.73. The zero-order valence-corrected chi connectivity index (χ0v) is 14.1. The van der Waals surface area contributed by atoms with E-state index >= 15 is 0 Å². The SMILES string of the molecule is CC(C)C[C@@H](N)C(=O)N[C@H](C(=O)OC(C)C)[C@@H]1CC(Cl)=NO1. The fraction of sp³-hybridized carbons (Fsp3) is 0.786. The lowest BCUT2D eigenvalue weighted by molar-refractivity contribution is -0.155. The number of nitrogens with two attached hydrogens (primary N) is 1. The third-order valence-corrected chi connectivity index (χ3v) is 3.22. The van der Waals surface area contributed by atoms with E-state index in [4.69, 9.17) is 26.9 Å². The van der Waals surface area contributed by atoms with E-state index in [1.807, 2.05) is 13.8 Å². The number of carbonyl (C=O) groups excluding carboxylic acids is 2. The van der Waals surface area contributed by atoms with E-state index in [-0.39, 0.29) is 23.6 Å². The van der Waals surface area contributed by atoms with Gasteiger partial charge < -0.3 is 20.6 Å². The molecule has 0 fully saturated rings. The molecule has 1 rings (SSSR count). The molecule has 0 spiro atoms. The van der Waals surface area contributed by atoms with E-state index in [9.17, 15) is 9.59 Å². The Bertz CT molecular complexity index is 440. The van der Waals surface area contributed by atoms with Gasteiger partial charge in [0.2, 0.25) is 5.91 Å². The molecule has 1 heterocycles. The molecule has 0 aromatic carbocycles. The van der Waals surface area contributed by atoms with Crippen LogP contribution in [-0.4, -0.2) is 41.3 Å². The van der Waals surface area contributed by atoms with Gasteiger partial charge in [-0.1, -0.05) is 30.6 Å². The number of ether oxygens (including phenoxy) is 1. The number of carbonyl (C=O) groups is 2. The van der Waals surface area contributed by atoms with Crippen LogP contribution in [0.15, 0.2) is 5.16 Å². The number of hydrogen-bond donors (Lipinski definition) is 2. The van der Waals surface area contributed by atoms with Gasteiger partial charge in [0, 0.05) is 6.42 Å². The van der Waals surface area contributed by atoms with Crippen molar-refractivity contribution in [2.45, 2.75) is 64.8 Å². The van der Waals surface area contributed by atoms with Gasteiger partial charge in [0.25, 0.3) is 0 Å². The lowest BCUT2D eigenvalue weighted by Gasteiger charge is -2.24. The largest absolute Gasteiger partial charge is 0.461 e. The van der Waals surface area contributed by atoms with Gasteiger partial charge in [0.05, 0.1) is 12.1 Å². The lowest BCUT2D eigenvalue weighted by atomic mass is 10.0. The number of hydrogen-bond acceptors (Lipinski definition) is 6. The number of nitrogens with one attached hydrogen (secondary N) is 1. The minimum atomic E-state index is -0.992. The van der Waals surface area contributed by atoms with Gasteiger partial charge >= 0.3 is 5.97 Å². The Hall–Kier alpha value is -1.34. The highest BCUT2D eigenvalue weighted by molar-refractivity contribution is 6.65. The summed E-state index contributed by atoms with van der Waals surface area (Å²) < 4.78 is 5.15. The minimum Gasteiger partial charge on any atom is -0.461 e. The number of oxime groups is 1. The van der Waals surface area contributed by atoms with E-state index < -0.39 is 30.1 Å². The Morgan fingerprint density at radius 2 is 2.09 bits per heavy atom. The van der Waals surface area contributed by atoms with E-state index in [0.29, 0.717) is 6.42 Å². The maximum atomic E-state index is 12.2. The molecular weight excluding hydrogens is 310 g/mol. The van der Waals surface area contributed by atoms with Crippen LogP contribution in [0.1, 0.15) is 40.5 Å². The van der Waals surface area contributed by atoms with Gasteiger partial charge in [0.15, 0.2) is 12.1 Å². The number of amides is 1. The summed E-state index contributed by atoms with van der Waals surface area (Å²) in [6, 6.07) is -1.69. The predicted molar refractivity (Wildman–Crippen MR) is 83.4 cm³/mol. The molecule has 3 atom stereocenters. The van der Waals surface area contributed by atoms with Crippen LogP contribution in [0.2, 0.25) is 0 Å². The first-order valence-corrected chi connectivity index (χ1v) is 7.73. The van der Waals surface area contributed by atoms with Crippen molar-refractivity contribution in [2.75, 3.05) is 0 Å². The Morgan fingerprint density at radius 1 is 1.45 bits per heavy atom. The van der Waals surface area contributed by atoms with E-state index in [1.54, 1.807) is 13.8 Å². The second-order valence-corrected chi connectivity index (χ2v) is 6.46. The van der Waals surface area contributed by atoms with Crippen LogP contribution in [-0.2, 0) is 19.2 Å². The Morgan fingerprint density at radius 3 is 2.55 bits per heavy atom. The maximum Gasteiger partial charge on any atom is 0.332 e. The van der Waals surface area contributed by atoms with Crippen molar-refractivity contribution in [3.63, 3.8) is 0 Å². The van der Waals surface area contributed by atoms with Gasteiger partial charge in [-0.25, -0.2) is 4.79 Å². The Labute approximate surface area is 135 Å². The number of rotatable bonds is 7. The van der Waals surface area contributed by atoms with Crippen molar-refractivity contribution >= 4 is 28.6 Å². The fourth-order valence-corrected chi connectivity index (χ4v) is 2.22. The highest BCUT2D eigenvalue weighted by atomic mass is 35.5. The topological polar surface area (TPSA) is 103 Å². The third kappa shape index (κ3) is 5.81. The predicted octanol–water partition coefficient (Wildman–Crippen LogP) is 1.14. The molecule has 7 nitrogen and oxygen atoms in total. The molecule has 22 heavy (non-hydrogen) atoms. The van der Waals surface area contributed by atoms with Crippen LogP contribution in [0.5, 0.6) is 0 Å². The molecule has 0 aliphatic carbocycles. The molecule has 0 saturated heterocycles. The average molecular weight is 334 g/mol. The summed E-state index contributed by atoms with van der Waals surface area (Å²) in [6.45, 7) is 7.37. The zero-order valence-electron chi connectivity index (χ0n) is 13.3. The number of halogens is 1.